The Morgan fingerprint density at radius 2 is 2.45 bits per heavy atom. The Balaban J connectivity index is 2.40. The predicted molar refractivity (Wildman–Crippen MR) is 37.0 cm³/mol. The summed E-state index contributed by atoms with van der Waals surface area (Å²) in [4.78, 5) is 15.8. The fourth-order valence-corrected chi connectivity index (χ4v) is 0.934. The van der Waals surface area contributed by atoms with Crippen LogP contribution < -0.4 is 0 Å². The molecule has 1 saturated carbocycles. The van der Waals surface area contributed by atoms with E-state index in [-0.39, 0.29) is 17.7 Å². The first-order chi connectivity index (χ1) is 5.20. The van der Waals surface area contributed by atoms with E-state index in [1.807, 2.05) is 6.07 Å². The van der Waals surface area contributed by atoms with Gasteiger partial charge in [0.2, 0.25) is 5.91 Å². The molecule has 0 spiro atoms. The normalized spacial score (nSPS) is 27.4. The number of amides is 1. The summed E-state index contributed by atoms with van der Waals surface area (Å²) in [5.41, 5.74) is 0. The van der Waals surface area contributed by atoms with E-state index >= 15 is 0 Å². The maximum Gasteiger partial charge on any atom is 0.250 e. The lowest BCUT2D eigenvalue weighted by Crippen LogP contribution is -2.27. The van der Waals surface area contributed by atoms with Crippen molar-refractivity contribution in [3.63, 3.8) is 0 Å². The second-order valence-corrected chi connectivity index (χ2v) is 2.60. The zero-order valence-electron chi connectivity index (χ0n) is 6.57. The van der Waals surface area contributed by atoms with Crippen LogP contribution in [0, 0.1) is 23.2 Å². The van der Waals surface area contributed by atoms with Gasteiger partial charge < -0.3 is 0 Å². The molecule has 4 heteroatoms. The molecule has 1 rings (SSSR count). The molecule has 1 aliphatic carbocycles. The topological polar surface area (TPSA) is 53.3 Å². The summed E-state index contributed by atoms with van der Waals surface area (Å²) in [6.07, 6.45) is 0.684. The van der Waals surface area contributed by atoms with Crippen molar-refractivity contribution in [2.75, 3.05) is 14.2 Å². The van der Waals surface area contributed by atoms with Crippen LogP contribution >= 0.6 is 0 Å². The highest BCUT2D eigenvalue weighted by Crippen LogP contribution is 2.38. The van der Waals surface area contributed by atoms with E-state index < -0.39 is 0 Å². The SMILES string of the molecule is CON(C)C(=O)C1CC1C#N. The fraction of sp³-hybridized carbons (Fsp3) is 0.714. The van der Waals surface area contributed by atoms with E-state index in [9.17, 15) is 4.79 Å². The molecule has 60 valence electrons. The molecule has 1 fully saturated rings. The highest BCUT2D eigenvalue weighted by Gasteiger charge is 2.44. The van der Waals surface area contributed by atoms with Crippen molar-refractivity contribution in [1.29, 1.82) is 5.26 Å². The number of hydrogen-bond donors (Lipinski definition) is 0. The second-order valence-electron chi connectivity index (χ2n) is 2.60. The molecule has 1 aliphatic rings. The Morgan fingerprint density at radius 1 is 1.82 bits per heavy atom. The average Bonchev–Trinajstić information content (AvgIpc) is 2.80. The van der Waals surface area contributed by atoms with Crippen molar-refractivity contribution in [2.24, 2.45) is 11.8 Å². The first-order valence-electron chi connectivity index (χ1n) is 3.42. The van der Waals surface area contributed by atoms with Crippen LogP contribution in [0.4, 0.5) is 0 Å². The quantitative estimate of drug-likeness (QED) is 0.532. The number of carbonyl (C=O) groups is 1. The molecular formula is C7H10N2O2. The van der Waals surface area contributed by atoms with Gasteiger partial charge in [0.05, 0.1) is 25.0 Å². The highest BCUT2D eigenvalue weighted by molar-refractivity contribution is 5.81. The van der Waals surface area contributed by atoms with Gasteiger partial charge in [-0.05, 0) is 6.42 Å². The molecule has 2 unspecified atom stereocenters. The van der Waals surface area contributed by atoms with Gasteiger partial charge in [-0.3, -0.25) is 9.63 Å². The molecule has 0 saturated heterocycles. The highest BCUT2D eigenvalue weighted by atomic mass is 16.7. The van der Waals surface area contributed by atoms with Crippen LogP contribution in [0.5, 0.6) is 0 Å². The van der Waals surface area contributed by atoms with Gasteiger partial charge in [-0.15, -0.1) is 0 Å². The van der Waals surface area contributed by atoms with Crippen LogP contribution in [-0.2, 0) is 9.63 Å². The molecule has 0 heterocycles. The average molecular weight is 154 g/mol. The second kappa shape index (κ2) is 2.89. The number of carbonyl (C=O) groups excluding carboxylic acids is 1. The third kappa shape index (κ3) is 1.49. The molecule has 0 aromatic rings. The minimum absolute atomic E-state index is 0.0832. The van der Waals surface area contributed by atoms with Crippen LogP contribution in [0.15, 0.2) is 0 Å². The molecule has 0 N–H and O–H groups in total. The number of nitriles is 1. The zero-order valence-corrected chi connectivity index (χ0v) is 6.57. The van der Waals surface area contributed by atoms with Crippen molar-refractivity contribution < 1.29 is 9.63 Å². The summed E-state index contributed by atoms with van der Waals surface area (Å²) in [6.45, 7) is 0. The van der Waals surface area contributed by atoms with Crippen LogP contribution in [0.3, 0.4) is 0 Å². The Labute approximate surface area is 65.3 Å². The predicted octanol–water partition coefficient (Wildman–Crippen LogP) is 0.166. The summed E-state index contributed by atoms with van der Waals surface area (Å²) in [7, 11) is 2.98. The van der Waals surface area contributed by atoms with E-state index in [4.69, 9.17) is 5.26 Å². The minimum atomic E-state index is -0.120. The van der Waals surface area contributed by atoms with Crippen molar-refractivity contribution >= 4 is 5.91 Å². The number of nitrogens with zero attached hydrogens (tertiary/aromatic N) is 2. The minimum Gasteiger partial charge on any atom is -0.275 e. The standard InChI is InChI=1S/C7H10N2O2/c1-9(11-2)7(10)6-3-5(6)4-8/h5-6H,3H2,1-2H3. The summed E-state index contributed by atoms with van der Waals surface area (Å²) in [6, 6.07) is 2.05. The Bertz CT molecular complexity index is 209. The lowest BCUT2D eigenvalue weighted by atomic mass is 10.3. The van der Waals surface area contributed by atoms with Crippen LogP contribution in [0.25, 0.3) is 0 Å². The molecule has 0 radical (unpaired) electrons. The molecule has 4 nitrogen and oxygen atoms in total. The molecule has 0 bridgehead atoms. The smallest absolute Gasteiger partial charge is 0.250 e. The molecular weight excluding hydrogens is 144 g/mol. The van der Waals surface area contributed by atoms with Crippen molar-refractivity contribution in [2.45, 2.75) is 6.42 Å². The van der Waals surface area contributed by atoms with Gasteiger partial charge in [0.1, 0.15) is 0 Å². The van der Waals surface area contributed by atoms with Gasteiger partial charge in [-0.25, -0.2) is 5.06 Å². The van der Waals surface area contributed by atoms with Gasteiger partial charge in [0.15, 0.2) is 0 Å². The molecule has 0 aromatic carbocycles. The van der Waals surface area contributed by atoms with Crippen molar-refractivity contribution in [3.05, 3.63) is 0 Å². The third-order valence-corrected chi connectivity index (χ3v) is 1.86. The lowest BCUT2D eigenvalue weighted by Gasteiger charge is -2.12. The van der Waals surface area contributed by atoms with Crippen molar-refractivity contribution in [1.82, 2.24) is 5.06 Å². The molecule has 1 amide bonds. The summed E-state index contributed by atoms with van der Waals surface area (Å²) >= 11 is 0. The Kier molecular flexibility index (Phi) is 2.11. The van der Waals surface area contributed by atoms with Crippen LogP contribution in [0.2, 0.25) is 0 Å². The number of hydrogen-bond acceptors (Lipinski definition) is 3. The number of hydroxylamine groups is 2. The van der Waals surface area contributed by atoms with Gasteiger partial charge in [0, 0.05) is 7.05 Å². The van der Waals surface area contributed by atoms with Gasteiger partial charge in [-0.2, -0.15) is 5.26 Å². The Hall–Kier alpha value is -1.08. The van der Waals surface area contributed by atoms with E-state index in [0.29, 0.717) is 6.42 Å². The Morgan fingerprint density at radius 3 is 2.82 bits per heavy atom. The first kappa shape index (κ1) is 8.02. The maximum atomic E-state index is 11.2. The third-order valence-electron chi connectivity index (χ3n) is 1.86. The molecule has 0 aliphatic heterocycles. The molecule has 0 aromatic heterocycles. The van der Waals surface area contributed by atoms with Crippen LogP contribution in [-0.4, -0.2) is 25.1 Å². The van der Waals surface area contributed by atoms with Gasteiger partial charge >= 0.3 is 0 Å². The van der Waals surface area contributed by atoms with Crippen LogP contribution in [0.1, 0.15) is 6.42 Å². The summed E-state index contributed by atoms with van der Waals surface area (Å²) in [5, 5.41) is 9.59. The van der Waals surface area contributed by atoms with E-state index in [1.54, 1.807) is 7.05 Å². The lowest BCUT2D eigenvalue weighted by molar-refractivity contribution is -0.170. The van der Waals surface area contributed by atoms with E-state index in [1.165, 1.54) is 12.2 Å². The largest absolute Gasteiger partial charge is 0.275 e. The summed E-state index contributed by atoms with van der Waals surface area (Å²) < 4.78 is 0. The van der Waals surface area contributed by atoms with E-state index in [2.05, 4.69) is 4.84 Å². The molecule has 2 atom stereocenters. The number of rotatable bonds is 2. The maximum absolute atomic E-state index is 11.2. The van der Waals surface area contributed by atoms with E-state index in [0.717, 1.165) is 0 Å². The monoisotopic (exact) mass is 154 g/mol. The zero-order chi connectivity index (χ0) is 8.43. The molecule has 11 heavy (non-hydrogen) atoms. The first-order valence-corrected chi connectivity index (χ1v) is 3.42. The van der Waals surface area contributed by atoms with Crippen molar-refractivity contribution in [3.8, 4) is 6.07 Å². The van der Waals surface area contributed by atoms with Gasteiger partial charge in [0.25, 0.3) is 0 Å². The van der Waals surface area contributed by atoms with Gasteiger partial charge in [-0.1, -0.05) is 0 Å². The summed E-state index contributed by atoms with van der Waals surface area (Å²) in [5.74, 6) is -0.302. The fourth-order valence-electron chi connectivity index (χ4n) is 0.934.